The first kappa shape index (κ1) is 23.8. The van der Waals surface area contributed by atoms with Gasteiger partial charge in [0.05, 0.1) is 0 Å². The Morgan fingerprint density at radius 3 is 1.88 bits per heavy atom. The zero-order chi connectivity index (χ0) is 21.6. The van der Waals surface area contributed by atoms with Gasteiger partial charge in [-0.25, -0.2) is 0 Å². The number of benzene rings is 3. The van der Waals surface area contributed by atoms with E-state index in [1.165, 1.54) is 23.4 Å². The predicted octanol–water partition coefficient (Wildman–Crippen LogP) is 2.72. The number of hydrogen-bond donors (Lipinski definition) is 0. The van der Waals surface area contributed by atoms with E-state index in [9.17, 15) is 0 Å². The van der Waals surface area contributed by atoms with Crippen molar-refractivity contribution in [3.8, 4) is 22.5 Å². The Kier molecular flexibility index (Phi) is 8.42. The Morgan fingerprint density at radius 1 is 0.545 bits per heavy atom. The van der Waals surface area contributed by atoms with Crippen molar-refractivity contribution < 1.29 is 20.1 Å². The minimum Gasteiger partial charge on any atom is -0.305 e. The second-order valence-electron chi connectivity index (χ2n) is 6.90. The van der Waals surface area contributed by atoms with Gasteiger partial charge in [-0.15, -0.1) is 35.9 Å². The van der Waals surface area contributed by atoms with Gasteiger partial charge in [0, 0.05) is 26.3 Å². The molecule has 0 bridgehead atoms. The molecule has 0 spiro atoms. The molecule has 5 heteroatoms. The normalized spacial score (nSPS) is 11.2. The summed E-state index contributed by atoms with van der Waals surface area (Å²) in [4.78, 5) is 8.72. The number of fused-ring (bicyclic) bond motifs is 2. The van der Waals surface area contributed by atoms with E-state index >= 15 is 0 Å². The van der Waals surface area contributed by atoms with Crippen molar-refractivity contribution in [2.45, 2.75) is 0 Å². The first-order chi connectivity index (χ1) is 15.9. The topological polar surface area (TPSA) is 25.8 Å². The average molecular weight is 733 g/mol. The van der Waals surface area contributed by atoms with E-state index in [-0.39, 0.29) is 20.1 Å². The molecule has 0 saturated heterocycles. The molecule has 163 valence electrons. The van der Waals surface area contributed by atoms with Gasteiger partial charge in [-0.2, -0.15) is 0 Å². The summed E-state index contributed by atoms with van der Waals surface area (Å²) >= 11 is 0.765. The van der Waals surface area contributed by atoms with Crippen LogP contribution >= 0.6 is 0 Å². The van der Waals surface area contributed by atoms with E-state index in [2.05, 4.69) is 64.6 Å². The van der Waals surface area contributed by atoms with Crippen LogP contribution in [-0.2, 0) is 20.1 Å². The zero-order valence-electron chi connectivity index (χ0n) is 17.4. The van der Waals surface area contributed by atoms with Crippen LogP contribution < -0.4 is 17.8 Å². The van der Waals surface area contributed by atoms with Crippen LogP contribution in [-0.4, -0.2) is 39.9 Å². The molecular weight excluding hydrogens is 714 g/mol. The van der Waals surface area contributed by atoms with Crippen molar-refractivity contribution in [2.75, 3.05) is 0 Å². The van der Waals surface area contributed by atoms with Crippen LogP contribution in [0.25, 0.3) is 22.5 Å². The third-order valence-corrected chi connectivity index (χ3v) is 11.0. The van der Waals surface area contributed by atoms with Crippen molar-refractivity contribution in [3.05, 3.63) is 122 Å². The summed E-state index contributed by atoms with van der Waals surface area (Å²) in [5.74, 6) is 0. The third kappa shape index (κ3) is 5.77. The second-order valence-corrected chi connectivity index (χ2v) is 11.4. The Balaban J connectivity index is 0.000000172. The molecule has 1 aliphatic heterocycles. The summed E-state index contributed by atoms with van der Waals surface area (Å²) in [5, 5.41) is 0. The van der Waals surface area contributed by atoms with Gasteiger partial charge in [0.2, 0.25) is 0 Å². The maximum absolute atomic E-state index is 4.50. The molecule has 33 heavy (non-hydrogen) atoms. The van der Waals surface area contributed by atoms with Gasteiger partial charge in [0.1, 0.15) is 0 Å². The molecule has 0 atom stereocenters. The molecule has 1 radical (unpaired) electrons. The molecular formula is C28H18IrN2Se2-2. The number of hydrogen-bond acceptors (Lipinski definition) is 2. The quantitative estimate of drug-likeness (QED) is 0.203. The fourth-order valence-electron chi connectivity index (χ4n) is 3.27. The van der Waals surface area contributed by atoms with Crippen molar-refractivity contribution in [3.63, 3.8) is 0 Å². The van der Waals surface area contributed by atoms with Crippen LogP contribution in [0, 0.1) is 12.1 Å². The molecule has 5 aromatic rings. The molecule has 0 aliphatic carbocycles. The van der Waals surface area contributed by atoms with Crippen LogP contribution in [0.1, 0.15) is 0 Å². The van der Waals surface area contributed by atoms with Crippen molar-refractivity contribution in [1.29, 1.82) is 0 Å². The summed E-state index contributed by atoms with van der Waals surface area (Å²) < 4.78 is 6.02. The van der Waals surface area contributed by atoms with Crippen LogP contribution in [0.2, 0.25) is 0 Å². The molecule has 0 amide bonds. The molecule has 0 N–H and O–H groups in total. The molecule has 0 saturated carbocycles. The van der Waals surface area contributed by atoms with Crippen molar-refractivity contribution >= 4 is 47.8 Å². The van der Waals surface area contributed by atoms with Crippen LogP contribution in [0.5, 0.6) is 0 Å². The van der Waals surface area contributed by atoms with E-state index < -0.39 is 0 Å². The summed E-state index contributed by atoms with van der Waals surface area (Å²) in [5.41, 5.74) is 4.25. The summed E-state index contributed by atoms with van der Waals surface area (Å²) in [6.07, 6.45) is 3.65. The van der Waals surface area contributed by atoms with Gasteiger partial charge in [-0.3, -0.25) is 0 Å². The fourth-order valence-corrected chi connectivity index (χ4v) is 8.97. The number of aromatic nitrogens is 2. The monoisotopic (exact) mass is 735 g/mol. The number of pyridine rings is 2. The molecule has 3 heterocycles. The van der Waals surface area contributed by atoms with Gasteiger partial charge in [-0.1, -0.05) is 12.1 Å². The van der Waals surface area contributed by atoms with Gasteiger partial charge in [0.25, 0.3) is 0 Å². The maximum Gasteiger partial charge on any atom is 0.0160 e. The molecule has 0 unspecified atom stereocenters. The van der Waals surface area contributed by atoms with Crippen LogP contribution in [0.15, 0.2) is 109 Å². The smallest absolute Gasteiger partial charge is 0.0160 e. The third-order valence-electron chi connectivity index (χ3n) is 4.77. The van der Waals surface area contributed by atoms with E-state index in [0.717, 1.165) is 17.0 Å². The van der Waals surface area contributed by atoms with Gasteiger partial charge < -0.3 is 4.98 Å². The van der Waals surface area contributed by atoms with E-state index in [0.29, 0.717) is 29.9 Å². The molecule has 6 rings (SSSR count). The minimum atomic E-state index is 0. The number of nitrogens with zero attached hydrogens (tertiary/aromatic N) is 2. The molecule has 1 aliphatic rings. The van der Waals surface area contributed by atoms with E-state index in [1.54, 1.807) is 6.20 Å². The standard InChI is InChI=1S/C17H10NSe2.C11H8N.Ir/c1-2-9-15-14(8-1)19-16-10-5-6-12(17(16)20-15)13-7-3-4-11-18-13;1-2-6-10(7-3-1)11-8-4-5-9-12-11;/h1-5,7-11H;1-6,8-9H;/q2*-1;. The molecule has 3 aromatic carbocycles. The minimum absolute atomic E-state index is 0. The predicted molar refractivity (Wildman–Crippen MR) is 134 cm³/mol. The first-order valence-corrected chi connectivity index (χ1v) is 13.6. The average Bonchev–Trinajstić information content (AvgIpc) is 2.89. The van der Waals surface area contributed by atoms with Crippen LogP contribution in [0.3, 0.4) is 0 Å². The SMILES string of the molecule is [Ir].[c-]1ccc2c(c1-c1ccccn1)[Se]c1ccccc1[Se]2.[c-]1ccccc1-c1ccccn1. The fraction of sp³-hybridized carbons (Fsp3) is 0. The van der Waals surface area contributed by atoms with E-state index in [1.807, 2.05) is 60.8 Å². The Hall–Kier alpha value is -2.35. The molecule has 2 aromatic heterocycles. The largest absolute Gasteiger partial charge is 0.305 e. The van der Waals surface area contributed by atoms with Gasteiger partial charge in [0.15, 0.2) is 0 Å². The Bertz CT molecular complexity index is 1280. The van der Waals surface area contributed by atoms with Gasteiger partial charge in [-0.05, 0) is 11.8 Å². The summed E-state index contributed by atoms with van der Waals surface area (Å²) in [6.45, 7) is 0. The molecule has 2 nitrogen and oxygen atoms in total. The second kappa shape index (κ2) is 11.7. The van der Waals surface area contributed by atoms with Crippen molar-refractivity contribution in [2.24, 2.45) is 0 Å². The van der Waals surface area contributed by atoms with Crippen molar-refractivity contribution in [1.82, 2.24) is 9.97 Å². The molecule has 0 fully saturated rings. The number of rotatable bonds is 2. The maximum atomic E-state index is 4.50. The van der Waals surface area contributed by atoms with Crippen LogP contribution in [0.4, 0.5) is 0 Å². The zero-order valence-corrected chi connectivity index (χ0v) is 23.3. The van der Waals surface area contributed by atoms with Gasteiger partial charge >= 0.3 is 131 Å². The Labute approximate surface area is 220 Å². The summed E-state index contributed by atoms with van der Waals surface area (Å²) in [7, 11) is 0. The van der Waals surface area contributed by atoms with E-state index in [4.69, 9.17) is 0 Å². The first-order valence-electron chi connectivity index (χ1n) is 10.2. The summed E-state index contributed by atoms with van der Waals surface area (Å²) in [6, 6.07) is 39.4. The Morgan fingerprint density at radius 2 is 1.21 bits per heavy atom.